The minimum atomic E-state index is 0.0359. The molecule has 2 rings (SSSR count). The highest BCUT2D eigenvalue weighted by Gasteiger charge is 2.28. The molecule has 1 unspecified atom stereocenters. The Morgan fingerprint density at radius 3 is 2.84 bits per heavy atom. The molecule has 106 valence electrons. The third kappa shape index (κ3) is 3.27. The molecule has 4 nitrogen and oxygen atoms in total. The first-order valence-electron chi connectivity index (χ1n) is 6.93. The van der Waals surface area contributed by atoms with Gasteiger partial charge in [0, 0.05) is 35.4 Å². The molecular formula is C14H22BrN3O. The summed E-state index contributed by atoms with van der Waals surface area (Å²) in [6, 6.07) is 2.56. The molecule has 1 aliphatic heterocycles. The summed E-state index contributed by atoms with van der Waals surface area (Å²) >= 11 is 3.40. The van der Waals surface area contributed by atoms with Gasteiger partial charge in [-0.05, 0) is 41.5 Å². The second-order valence-electron chi connectivity index (χ2n) is 4.90. The first-order valence-corrected chi connectivity index (χ1v) is 7.73. The van der Waals surface area contributed by atoms with Gasteiger partial charge in [-0.1, -0.05) is 13.8 Å². The second-order valence-corrected chi connectivity index (χ2v) is 5.82. The largest absolute Gasteiger partial charge is 0.392 e. The average Bonchev–Trinajstić information content (AvgIpc) is 2.89. The molecule has 1 aromatic heterocycles. The summed E-state index contributed by atoms with van der Waals surface area (Å²) in [6.45, 7) is 8.66. The summed E-state index contributed by atoms with van der Waals surface area (Å²) in [4.78, 5) is 9.27. The molecule has 2 heterocycles. The topological polar surface area (TPSA) is 39.6 Å². The number of anilines is 1. The lowest BCUT2D eigenvalue weighted by Gasteiger charge is -2.26. The number of nitrogens with zero attached hydrogens (tertiary/aromatic N) is 3. The van der Waals surface area contributed by atoms with E-state index >= 15 is 0 Å². The lowest BCUT2D eigenvalue weighted by Crippen LogP contribution is -2.37. The van der Waals surface area contributed by atoms with Crippen molar-refractivity contribution in [1.82, 2.24) is 9.88 Å². The van der Waals surface area contributed by atoms with Crippen LogP contribution in [0.1, 0.15) is 25.8 Å². The summed E-state index contributed by atoms with van der Waals surface area (Å²) in [7, 11) is 0. The van der Waals surface area contributed by atoms with E-state index in [9.17, 15) is 5.11 Å². The Kier molecular flexibility index (Phi) is 5.19. The highest BCUT2D eigenvalue weighted by Crippen LogP contribution is 2.26. The summed E-state index contributed by atoms with van der Waals surface area (Å²) in [5.41, 5.74) is 0.898. The van der Waals surface area contributed by atoms with Crippen LogP contribution in [-0.2, 0) is 6.61 Å². The predicted octanol–water partition coefficient (Wildman–Crippen LogP) is 2.26. The summed E-state index contributed by atoms with van der Waals surface area (Å²) in [6.07, 6.45) is 2.98. The highest BCUT2D eigenvalue weighted by atomic mass is 79.9. The quantitative estimate of drug-likeness (QED) is 0.900. The Morgan fingerprint density at radius 1 is 1.47 bits per heavy atom. The zero-order valence-electron chi connectivity index (χ0n) is 11.6. The molecule has 1 fully saturated rings. The van der Waals surface area contributed by atoms with Crippen LogP contribution in [0.25, 0.3) is 0 Å². The van der Waals surface area contributed by atoms with Crippen molar-refractivity contribution in [2.45, 2.75) is 32.9 Å². The highest BCUT2D eigenvalue weighted by molar-refractivity contribution is 9.10. The van der Waals surface area contributed by atoms with Gasteiger partial charge in [0.15, 0.2) is 0 Å². The smallest absolute Gasteiger partial charge is 0.134 e. The van der Waals surface area contributed by atoms with Crippen LogP contribution >= 0.6 is 15.9 Å². The fourth-order valence-electron chi connectivity index (χ4n) is 2.85. The Bertz CT molecular complexity index is 423. The van der Waals surface area contributed by atoms with Crippen LogP contribution in [0, 0.1) is 0 Å². The number of rotatable bonds is 5. The van der Waals surface area contributed by atoms with Gasteiger partial charge < -0.3 is 10.0 Å². The van der Waals surface area contributed by atoms with Gasteiger partial charge in [0.25, 0.3) is 0 Å². The van der Waals surface area contributed by atoms with Crippen molar-refractivity contribution in [1.29, 1.82) is 0 Å². The maximum Gasteiger partial charge on any atom is 0.134 e. The van der Waals surface area contributed by atoms with Crippen molar-refractivity contribution in [2.75, 3.05) is 31.1 Å². The lowest BCUT2D eigenvalue weighted by atomic mass is 10.2. The number of aliphatic hydroxyl groups excluding tert-OH is 1. The Balaban J connectivity index is 2.12. The fourth-order valence-corrected chi connectivity index (χ4v) is 3.23. The second kappa shape index (κ2) is 6.68. The van der Waals surface area contributed by atoms with E-state index in [-0.39, 0.29) is 6.61 Å². The first-order chi connectivity index (χ1) is 9.19. The first kappa shape index (κ1) is 14.8. The van der Waals surface area contributed by atoms with E-state index in [1.54, 1.807) is 6.20 Å². The SMILES string of the molecule is CCN(CC)C1CCN(c2ncc(Br)cc2CO)C1. The zero-order chi connectivity index (χ0) is 13.8. The Hall–Kier alpha value is -0.650. The minimum absolute atomic E-state index is 0.0359. The van der Waals surface area contributed by atoms with Crippen LogP contribution in [0.5, 0.6) is 0 Å². The zero-order valence-corrected chi connectivity index (χ0v) is 13.2. The van der Waals surface area contributed by atoms with Gasteiger partial charge in [-0.2, -0.15) is 0 Å². The molecule has 0 spiro atoms. The molecule has 0 aliphatic carbocycles. The number of halogens is 1. The molecule has 1 saturated heterocycles. The Labute approximate surface area is 123 Å². The molecule has 0 saturated carbocycles. The van der Waals surface area contributed by atoms with Crippen molar-refractivity contribution in [2.24, 2.45) is 0 Å². The predicted molar refractivity (Wildman–Crippen MR) is 81.4 cm³/mol. The molecule has 1 aliphatic rings. The number of aromatic nitrogens is 1. The molecule has 5 heteroatoms. The van der Waals surface area contributed by atoms with Crippen LogP contribution in [0.2, 0.25) is 0 Å². The van der Waals surface area contributed by atoms with Crippen LogP contribution in [0.4, 0.5) is 5.82 Å². The van der Waals surface area contributed by atoms with Crippen molar-refractivity contribution < 1.29 is 5.11 Å². The van der Waals surface area contributed by atoms with Gasteiger partial charge in [0.1, 0.15) is 5.82 Å². The normalized spacial score (nSPS) is 19.4. The summed E-state index contributed by atoms with van der Waals surface area (Å²) in [5.74, 6) is 0.931. The minimum Gasteiger partial charge on any atom is -0.392 e. The molecule has 0 aromatic carbocycles. The van der Waals surface area contributed by atoms with E-state index in [0.717, 1.165) is 42.0 Å². The van der Waals surface area contributed by atoms with E-state index < -0.39 is 0 Å². The van der Waals surface area contributed by atoms with Gasteiger partial charge in [-0.15, -0.1) is 0 Å². The summed E-state index contributed by atoms with van der Waals surface area (Å²) in [5, 5.41) is 9.47. The van der Waals surface area contributed by atoms with Crippen LogP contribution < -0.4 is 4.90 Å². The van der Waals surface area contributed by atoms with Gasteiger partial charge in [0.2, 0.25) is 0 Å². The third-order valence-corrected chi connectivity index (χ3v) is 4.31. The van der Waals surface area contributed by atoms with Crippen LogP contribution in [0.15, 0.2) is 16.7 Å². The van der Waals surface area contributed by atoms with Crippen molar-refractivity contribution >= 4 is 21.7 Å². The molecule has 0 amide bonds. The Morgan fingerprint density at radius 2 is 2.21 bits per heavy atom. The lowest BCUT2D eigenvalue weighted by molar-refractivity contribution is 0.232. The fraction of sp³-hybridized carbons (Fsp3) is 0.643. The molecule has 0 bridgehead atoms. The van der Waals surface area contributed by atoms with Crippen molar-refractivity contribution in [3.05, 3.63) is 22.3 Å². The van der Waals surface area contributed by atoms with E-state index in [2.05, 4.69) is 44.6 Å². The van der Waals surface area contributed by atoms with E-state index in [1.165, 1.54) is 6.42 Å². The number of hydrogen-bond acceptors (Lipinski definition) is 4. The number of aliphatic hydroxyl groups is 1. The maximum atomic E-state index is 9.47. The molecule has 19 heavy (non-hydrogen) atoms. The van der Waals surface area contributed by atoms with Crippen molar-refractivity contribution in [3.63, 3.8) is 0 Å². The molecule has 0 radical (unpaired) electrons. The van der Waals surface area contributed by atoms with E-state index in [4.69, 9.17) is 0 Å². The number of likely N-dealkylation sites (N-methyl/N-ethyl adjacent to an activating group) is 1. The van der Waals surface area contributed by atoms with E-state index in [0.29, 0.717) is 6.04 Å². The standard InChI is InChI=1S/C14H22BrN3O/c1-3-17(4-2)13-5-6-18(9-13)14-11(10-19)7-12(15)8-16-14/h7-8,13,19H,3-6,9-10H2,1-2H3. The third-order valence-electron chi connectivity index (χ3n) is 3.87. The van der Waals surface area contributed by atoms with Gasteiger partial charge in [-0.3, -0.25) is 4.90 Å². The molecular weight excluding hydrogens is 306 g/mol. The molecule has 1 N–H and O–H groups in total. The molecule has 1 atom stereocenters. The summed E-state index contributed by atoms with van der Waals surface area (Å²) < 4.78 is 0.916. The average molecular weight is 328 g/mol. The van der Waals surface area contributed by atoms with Crippen LogP contribution in [0.3, 0.4) is 0 Å². The van der Waals surface area contributed by atoms with Crippen LogP contribution in [-0.4, -0.2) is 47.2 Å². The monoisotopic (exact) mass is 327 g/mol. The van der Waals surface area contributed by atoms with Gasteiger partial charge >= 0.3 is 0 Å². The van der Waals surface area contributed by atoms with E-state index in [1.807, 2.05) is 6.07 Å². The maximum absolute atomic E-state index is 9.47. The van der Waals surface area contributed by atoms with Crippen molar-refractivity contribution in [3.8, 4) is 0 Å². The number of hydrogen-bond donors (Lipinski definition) is 1. The number of pyridine rings is 1. The van der Waals surface area contributed by atoms with Gasteiger partial charge in [0.05, 0.1) is 6.61 Å². The van der Waals surface area contributed by atoms with Gasteiger partial charge in [-0.25, -0.2) is 4.98 Å². The molecule has 1 aromatic rings.